The summed E-state index contributed by atoms with van der Waals surface area (Å²) in [5, 5.41) is 0. The highest BCUT2D eigenvalue weighted by molar-refractivity contribution is 5.49. The van der Waals surface area contributed by atoms with Gasteiger partial charge in [-0.2, -0.15) is 13.2 Å². The predicted molar refractivity (Wildman–Crippen MR) is 59.0 cm³/mol. The molecule has 1 nitrogen and oxygen atoms in total. The van der Waals surface area contributed by atoms with Gasteiger partial charge in [0.15, 0.2) is 0 Å². The van der Waals surface area contributed by atoms with Crippen LogP contribution in [0, 0.1) is 5.92 Å². The molecule has 0 spiro atoms. The molecule has 1 aromatic rings. The van der Waals surface area contributed by atoms with E-state index in [1.807, 2.05) is 0 Å². The van der Waals surface area contributed by atoms with Crippen LogP contribution in [0.1, 0.15) is 31.4 Å². The van der Waals surface area contributed by atoms with Crippen molar-refractivity contribution in [3.8, 4) is 0 Å². The molecular formula is C12H16F3N. The van der Waals surface area contributed by atoms with Gasteiger partial charge in [-0.05, 0) is 36.5 Å². The molecular weight excluding hydrogens is 215 g/mol. The van der Waals surface area contributed by atoms with E-state index in [-0.39, 0.29) is 5.69 Å². The van der Waals surface area contributed by atoms with Crippen molar-refractivity contribution >= 4 is 5.69 Å². The molecule has 0 fully saturated rings. The Morgan fingerprint density at radius 2 is 1.88 bits per heavy atom. The first-order chi connectivity index (χ1) is 7.30. The van der Waals surface area contributed by atoms with Crippen molar-refractivity contribution in [2.24, 2.45) is 5.92 Å². The summed E-state index contributed by atoms with van der Waals surface area (Å²) in [6, 6.07) is 3.57. The zero-order valence-electron chi connectivity index (χ0n) is 9.43. The Kier molecular flexibility index (Phi) is 3.83. The molecule has 0 bridgehead atoms. The lowest BCUT2D eigenvalue weighted by atomic mass is 10.00. The molecule has 4 heteroatoms. The van der Waals surface area contributed by atoms with Crippen LogP contribution in [0.3, 0.4) is 0 Å². The SMILES string of the molecule is CC(C)CCc1ccc(C(F)(F)F)cc1N. The van der Waals surface area contributed by atoms with E-state index in [0.29, 0.717) is 5.92 Å². The Morgan fingerprint density at radius 1 is 1.25 bits per heavy atom. The number of hydrogen-bond acceptors (Lipinski definition) is 1. The molecule has 0 aliphatic heterocycles. The van der Waals surface area contributed by atoms with Gasteiger partial charge in [-0.25, -0.2) is 0 Å². The van der Waals surface area contributed by atoms with Gasteiger partial charge in [0.05, 0.1) is 5.56 Å². The average Bonchev–Trinajstić information content (AvgIpc) is 2.14. The van der Waals surface area contributed by atoms with Crippen LogP contribution < -0.4 is 5.73 Å². The minimum atomic E-state index is -4.31. The fraction of sp³-hybridized carbons (Fsp3) is 0.500. The first kappa shape index (κ1) is 12.9. The summed E-state index contributed by atoms with van der Waals surface area (Å²) in [7, 11) is 0. The van der Waals surface area contributed by atoms with Crippen molar-refractivity contribution in [1.29, 1.82) is 0 Å². The van der Waals surface area contributed by atoms with Crippen molar-refractivity contribution in [1.82, 2.24) is 0 Å². The monoisotopic (exact) mass is 231 g/mol. The van der Waals surface area contributed by atoms with Gasteiger partial charge in [-0.1, -0.05) is 19.9 Å². The normalized spacial score (nSPS) is 12.1. The van der Waals surface area contributed by atoms with Gasteiger partial charge < -0.3 is 5.73 Å². The molecule has 0 atom stereocenters. The molecule has 0 saturated carbocycles. The molecule has 90 valence electrons. The average molecular weight is 231 g/mol. The zero-order valence-corrected chi connectivity index (χ0v) is 9.43. The zero-order chi connectivity index (χ0) is 12.3. The molecule has 0 heterocycles. The molecule has 2 N–H and O–H groups in total. The maximum Gasteiger partial charge on any atom is 0.416 e. The van der Waals surface area contributed by atoms with E-state index in [9.17, 15) is 13.2 Å². The summed E-state index contributed by atoms with van der Waals surface area (Å²) in [6.45, 7) is 4.14. The summed E-state index contributed by atoms with van der Waals surface area (Å²) in [6.07, 6.45) is -2.66. The van der Waals surface area contributed by atoms with Crippen LogP contribution >= 0.6 is 0 Å². The highest BCUT2D eigenvalue weighted by atomic mass is 19.4. The third-order valence-electron chi connectivity index (χ3n) is 2.46. The van der Waals surface area contributed by atoms with E-state index in [2.05, 4.69) is 13.8 Å². The number of rotatable bonds is 3. The standard InChI is InChI=1S/C12H16F3N/c1-8(2)3-4-9-5-6-10(7-11(9)16)12(13,14)15/h5-8H,3-4,16H2,1-2H3. The van der Waals surface area contributed by atoms with Crippen LogP contribution in [-0.2, 0) is 12.6 Å². The smallest absolute Gasteiger partial charge is 0.398 e. The van der Waals surface area contributed by atoms with Crippen LogP contribution in [0.25, 0.3) is 0 Å². The largest absolute Gasteiger partial charge is 0.416 e. The first-order valence-corrected chi connectivity index (χ1v) is 5.26. The minimum Gasteiger partial charge on any atom is -0.398 e. The molecule has 0 aromatic heterocycles. The minimum absolute atomic E-state index is 0.232. The van der Waals surface area contributed by atoms with Crippen molar-refractivity contribution in [2.75, 3.05) is 5.73 Å². The fourth-order valence-corrected chi connectivity index (χ4v) is 1.44. The fourth-order valence-electron chi connectivity index (χ4n) is 1.44. The Morgan fingerprint density at radius 3 is 2.31 bits per heavy atom. The van der Waals surface area contributed by atoms with Gasteiger partial charge in [0, 0.05) is 5.69 Å². The molecule has 0 aliphatic carbocycles. The lowest BCUT2D eigenvalue weighted by Crippen LogP contribution is -2.07. The van der Waals surface area contributed by atoms with Crippen molar-refractivity contribution in [3.63, 3.8) is 0 Å². The number of hydrogen-bond donors (Lipinski definition) is 1. The maximum atomic E-state index is 12.4. The Bertz CT molecular complexity index is 356. The number of benzene rings is 1. The van der Waals surface area contributed by atoms with Crippen molar-refractivity contribution in [3.05, 3.63) is 29.3 Å². The van der Waals surface area contributed by atoms with Crippen LogP contribution in [0.2, 0.25) is 0 Å². The quantitative estimate of drug-likeness (QED) is 0.785. The second kappa shape index (κ2) is 4.76. The van der Waals surface area contributed by atoms with Gasteiger partial charge >= 0.3 is 6.18 Å². The van der Waals surface area contributed by atoms with Gasteiger partial charge in [-0.15, -0.1) is 0 Å². The number of halogens is 3. The number of nitrogens with two attached hydrogens (primary N) is 1. The van der Waals surface area contributed by atoms with Crippen LogP contribution in [0.5, 0.6) is 0 Å². The molecule has 0 saturated heterocycles. The van der Waals surface area contributed by atoms with Gasteiger partial charge in [-0.3, -0.25) is 0 Å². The predicted octanol–water partition coefficient (Wildman–Crippen LogP) is 3.88. The highest BCUT2D eigenvalue weighted by Gasteiger charge is 2.30. The van der Waals surface area contributed by atoms with E-state index in [1.165, 1.54) is 6.07 Å². The van der Waals surface area contributed by atoms with E-state index in [1.54, 1.807) is 0 Å². The van der Waals surface area contributed by atoms with Crippen LogP contribution in [0.4, 0.5) is 18.9 Å². The summed E-state index contributed by atoms with van der Waals surface area (Å²) in [4.78, 5) is 0. The molecule has 0 unspecified atom stereocenters. The molecule has 16 heavy (non-hydrogen) atoms. The van der Waals surface area contributed by atoms with Crippen LogP contribution in [0.15, 0.2) is 18.2 Å². The number of alkyl halides is 3. The second-order valence-corrected chi connectivity index (χ2v) is 4.34. The highest BCUT2D eigenvalue weighted by Crippen LogP contribution is 2.31. The van der Waals surface area contributed by atoms with E-state index >= 15 is 0 Å². The molecule has 0 aliphatic rings. The third-order valence-corrected chi connectivity index (χ3v) is 2.46. The number of anilines is 1. The van der Waals surface area contributed by atoms with Crippen LogP contribution in [-0.4, -0.2) is 0 Å². The maximum absolute atomic E-state index is 12.4. The first-order valence-electron chi connectivity index (χ1n) is 5.26. The summed E-state index contributed by atoms with van der Waals surface area (Å²) < 4.78 is 37.1. The topological polar surface area (TPSA) is 26.0 Å². The van der Waals surface area contributed by atoms with Gasteiger partial charge in [0.25, 0.3) is 0 Å². The van der Waals surface area contributed by atoms with Gasteiger partial charge in [0.2, 0.25) is 0 Å². The lowest BCUT2D eigenvalue weighted by molar-refractivity contribution is -0.137. The molecule has 1 aromatic carbocycles. The summed E-state index contributed by atoms with van der Waals surface area (Å²) in [5.41, 5.74) is 5.95. The van der Waals surface area contributed by atoms with E-state index < -0.39 is 11.7 Å². The third kappa shape index (κ3) is 3.43. The Labute approximate surface area is 93.5 Å². The molecule has 1 rings (SSSR count). The molecule has 0 amide bonds. The number of nitrogen functional groups attached to an aromatic ring is 1. The second-order valence-electron chi connectivity index (χ2n) is 4.34. The van der Waals surface area contributed by atoms with Gasteiger partial charge in [0.1, 0.15) is 0 Å². The van der Waals surface area contributed by atoms with Crippen molar-refractivity contribution < 1.29 is 13.2 Å². The van der Waals surface area contributed by atoms with Crippen molar-refractivity contribution in [2.45, 2.75) is 32.9 Å². The van der Waals surface area contributed by atoms with E-state index in [0.717, 1.165) is 30.5 Å². The Balaban J connectivity index is 2.84. The van der Waals surface area contributed by atoms with E-state index in [4.69, 9.17) is 5.73 Å². The summed E-state index contributed by atoms with van der Waals surface area (Å²) >= 11 is 0. The Hall–Kier alpha value is -1.19. The number of aryl methyl sites for hydroxylation is 1. The lowest BCUT2D eigenvalue weighted by Gasteiger charge is -2.11. The summed E-state index contributed by atoms with van der Waals surface area (Å²) in [5.74, 6) is 0.515. The molecule has 0 radical (unpaired) electrons.